The summed E-state index contributed by atoms with van der Waals surface area (Å²) >= 11 is 0. The van der Waals surface area contributed by atoms with E-state index >= 15 is 0 Å². The fraction of sp³-hybridized carbons (Fsp3) is 0.438. The maximum Gasteiger partial charge on any atom is 0.337 e. The van der Waals surface area contributed by atoms with Crippen molar-refractivity contribution in [2.24, 2.45) is 0 Å². The predicted molar refractivity (Wildman–Crippen MR) is 83.6 cm³/mol. The lowest BCUT2D eigenvalue weighted by Gasteiger charge is -2.19. The third-order valence-corrected chi connectivity index (χ3v) is 3.56. The van der Waals surface area contributed by atoms with Gasteiger partial charge in [-0.3, -0.25) is 9.69 Å². The average molecular weight is 336 g/mol. The topological polar surface area (TPSA) is 105 Å². The van der Waals surface area contributed by atoms with Crippen LogP contribution in [0.25, 0.3) is 0 Å². The first-order chi connectivity index (χ1) is 11.2. The number of carbonyl (C=O) groups is 3. The Balaban J connectivity index is 1.87. The van der Waals surface area contributed by atoms with Gasteiger partial charge in [0.05, 0.1) is 19.2 Å². The molecule has 8 heteroatoms. The van der Waals surface area contributed by atoms with Crippen LogP contribution in [0.3, 0.4) is 0 Å². The number of benzene rings is 1. The molecule has 0 aliphatic carbocycles. The van der Waals surface area contributed by atoms with Gasteiger partial charge in [-0.15, -0.1) is 0 Å². The molecule has 0 spiro atoms. The summed E-state index contributed by atoms with van der Waals surface area (Å²) in [7, 11) is 1.29. The van der Waals surface area contributed by atoms with Gasteiger partial charge in [-0.2, -0.15) is 0 Å². The number of esters is 1. The lowest BCUT2D eigenvalue weighted by atomic mass is 10.1. The average Bonchev–Trinajstić information content (AvgIpc) is 2.74. The summed E-state index contributed by atoms with van der Waals surface area (Å²) in [6.07, 6.45) is -1.03. The zero-order valence-electron chi connectivity index (χ0n) is 13.7. The molecule has 0 saturated carbocycles. The van der Waals surface area contributed by atoms with E-state index in [1.807, 2.05) is 0 Å². The number of methoxy groups -OCH3 is 1. The molecule has 1 aromatic rings. The highest BCUT2D eigenvalue weighted by Gasteiger charge is 2.44. The molecule has 1 aliphatic rings. The molecule has 0 aromatic heterocycles. The molecule has 1 saturated heterocycles. The maximum atomic E-state index is 12.0. The van der Waals surface area contributed by atoms with Crippen molar-refractivity contribution in [1.29, 1.82) is 0 Å². The van der Waals surface area contributed by atoms with Gasteiger partial charge in [0.25, 0.3) is 5.91 Å². The largest absolute Gasteiger partial charge is 0.491 e. The highest BCUT2D eigenvalue weighted by Crippen LogP contribution is 2.17. The lowest BCUT2D eigenvalue weighted by molar-refractivity contribution is -0.131. The van der Waals surface area contributed by atoms with Gasteiger partial charge in [0, 0.05) is 0 Å². The molecule has 1 aromatic carbocycles. The van der Waals surface area contributed by atoms with Crippen molar-refractivity contribution in [2.75, 3.05) is 20.3 Å². The van der Waals surface area contributed by atoms with Crippen molar-refractivity contribution in [3.63, 3.8) is 0 Å². The summed E-state index contributed by atoms with van der Waals surface area (Å²) in [6.45, 7) is 2.93. The van der Waals surface area contributed by atoms with Crippen molar-refractivity contribution in [2.45, 2.75) is 25.5 Å². The van der Waals surface area contributed by atoms with Gasteiger partial charge in [0.2, 0.25) is 0 Å². The van der Waals surface area contributed by atoms with Gasteiger partial charge in [-0.1, -0.05) is 0 Å². The number of urea groups is 1. The van der Waals surface area contributed by atoms with Crippen LogP contribution in [-0.4, -0.2) is 59.8 Å². The standard InChI is InChI=1S/C16H20N2O6/c1-16(2)14(21)18(15(22)17-16)8-11(19)9-24-12-6-4-10(5-7-12)13(20)23-3/h4-7,11,19H,8-9H2,1-3H3,(H,17,22)/t11-/m1/s1. The van der Waals surface area contributed by atoms with Crippen LogP contribution >= 0.6 is 0 Å². The number of rotatable bonds is 6. The van der Waals surface area contributed by atoms with E-state index in [1.165, 1.54) is 19.2 Å². The highest BCUT2D eigenvalue weighted by atomic mass is 16.5. The van der Waals surface area contributed by atoms with Crippen molar-refractivity contribution in [3.05, 3.63) is 29.8 Å². The Labute approximate surface area is 139 Å². The second-order valence-corrected chi connectivity index (χ2v) is 5.95. The van der Waals surface area contributed by atoms with Crippen molar-refractivity contribution < 1.29 is 29.0 Å². The number of hydrogen-bond acceptors (Lipinski definition) is 6. The molecule has 2 N–H and O–H groups in total. The molecule has 1 fully saturated rings. The van der Waals surface area contributed by atoms with Crippen LogP contribution in [0.15, 0.2) is 24.3 Å². The first kappa shape index (κ1) is 17.7. The Kier molecular flexibility index (Phi) is 5.08. The minimum Gasteiger partial charge on any atom is -0.491 e. The summed E-state index contributed by atoms with van der Waals surface area (Å²) in [5.41, 5.74) is -0.589. The number of nitrogens with one attached hydrogen (secondary N) is 1. The van der Waals surface area contributed by atoms with E-state index in [-0.39, 0.29) is 13.2 Å². The fourth-order valence-electron chi connectivity index (χ4n) is 2.24. The Morgan fingerprint density at radius 2 is 1.92 bits per heavy atom. The minimum absolute atomic E-state index is 0.102. The van der Waals surface area contributed by atoms with E-state index < -0.39 is 29.6 Å². The number of hydrogen-bond donors (Lipinski definition) is 2. The summed E-state index contributed by atoms with van der Waals surface area (Å²) < 4.78 is 9.99. The van der Waals surface area contributed by atoms with Gasteiger partial charge < -0.3 is 19.9 Å². The number of imide groups is 1. The van der Waals surface area contributed by atoms with E-state index in [0.29, 0.717) is 11.3 Å². The summed E-state index contributed by atoms with van der Waals surface area (Å²) in [4.78, 5) is 36.0. The molecule has 0 bridgehead atoms. The van der Waals surface area contributed by atoms with Crippen LogP contribution in [0.4, 0.5) is 4.79 Å². The first-order valence-electron chi connectivity index (χ1n) is 7.38. The zero-order chi connectivity index (χ0) is 17.9. The Morgan fingerprint density at radius 3 is 2.42 bits per heavy atom. The Morgan fingerprint density at radius 1 is 1.29 bits per heavy atom. The molecular formula is C16H20N2O6. The van der Waals surface area contributed by atoms with Crippen LogP contribution in [0.1, 0.15) is 24.2 Å². The zero-order valence-corrected chi connectivity index (χ0v) is 13.7. The van der Waals surface area contributed by atoms with Crippen molar-refractivity contribution in [1.82, 2.24) is 10.2 Å². The van der Waals surface area contributed by atoms with E-state index in [1.54, 1.807) is 26.0 Å². The van der Waals surface area contributed by atoms with Gasteiger partial charge in [-0.05, 0) is 38.1 Å². The molecule has 8 nitrogen and oxygen atoms in total. The lowest BCUT2D eigenvalue weighted by Crippen LogP contribution is -2.42. The second-order valence-electron chi connectivity index (χ2n) is 5.95. The Bertz CT molecular complexity index is 640. The normalized spacial score (nSPS) is 17.4. The van der Waals surface area contributed by atoms with E-state index in [2.05, 4.69) is 10.1 Å². The minimum atomic E-state index is -1.03. The predicted octanol–water partition coefficient (Wildman–Crippen LogP) is 0.543. The second kappa shape index (κ2) is 6.88. The molecule has 1 atom stereocenters. The van der Waals surface area contributed by atoms with Crippen LogP contribution < -0.4 is 10.1 Å². The third-order valence-electron chi connectivity index (χ3n) is 3.56. The molecule has 1 aliphatic heterocycles. The van der Waals surface area contributed by atoms with Gasteiger partial charge in [-0.25, -0.2) is 9.59 Å². The number of aliphatic hydroxyl groups is 1. The quantitative estimate of drug-likeness (QED) is 0.580. The number of carbonyl (C=O) groups excluding carboxylic acids is 3. The number of ether oxygens (including phenoxy) is 2. The van der Waals surface area contributed by atoms with Gasteiger partial charge in [0.1, 0.15) is 24.0 Å². The number of β-amino-alcohol motifs (C(OH)–C–C–N with tert-alkyl or cyclic N) is 1. The summed E-state index contributed by atoms with van der Waals surface area (Å²) in [5, 5.41) is 12.5. The maximum absolute atomic E-state index is 12.0. The van der Waals surface area contributed by atoms with Crippen LogP contribution in [0, 0.1) is 0 Å². The first-order valence-corrected chi connectivity index (χ1v) is 7.38. The third kappa shape index (κ3) is 3.83. The van der Waals surface area contributed by atoms with Gasteiger partial charge in [0.15, 0.2) is 0 Å². The van der Waals surface area contributed by atoms with E-state index in [4.69, 9.17) is 4.74 Å². The number of nitrogens with zero attached hydrogens (tertiary/aromatic N) is 1. The highest BCUT2D eigenvalue weighted by molar-refractivity contribution is 6.06. The van der Waals surface area contributed by atoms with Crippen molar-refractivity contribution >= 4 is 17.9 Å². The van der Waals surface area contributed by atoms with Crippen LogP contribution in [0.5, 0.6) is 5.75 Å². The molecule has 0 unspecified atom stereocenters. The number of amides is 3. The summed E-state index contributed by atoms with van der Waals surface area (Å²) in [5.74, 6) is -0.407. The summed E-state index contributed by atoms with van der Waals surface area (Å²) in [6, 6.07) is 5.67. The fourth-order valence-corrected chi connectivity index (χ4v) is 2.24. The molecule has 130 valence electrons. The van der Waals surface area contributed by atoms with Gasteiger partial charge >= 0.3 is 12.0 Å². The van der Waals surface area contributed by atoms with Crippen LogP contribution in [0.2, 0.25) is 0 Å². The monoisotopic (exact) mass is 336 g/mol. The number of aliphatic hydroxyl groups excluding tert-OH is 1. The smallest absolute Gasteiger partial charge is 0.337 e. The molecule has 1 heterocycles. The SMILES string of the molecule is COC(=O)c1ccc(OC[C@H](O)CN2C(=O)NC(C)(C)C2=O)cc1. The molecular weight excluding hydrogens is 316 g/mol. The van der Waals surface area contributed by atoms with Crippen LogP contribution in [-0.2, 0) is 9.53 Å². The molecule has 24 heavy (non-hydrogen) atoms. The van der Waals surface area contributed by atoms with E-state index in [9.17, 15) is 19.5 Å². The molecule has 3 amide bonds. The molecule has 2 rings (SSSR count). The molecule has 0 radical (unpaired) electrons. The van der Waals surface area contributed by atoms with E-state index in [0.717, 1.165) is 4.90 Å². The Hall–Kier alpha value is -2.61. The van der Waals surface area contributed by atoms with Crippen molar-refractivity contribution in [3.8, 4) is 5.75 Å².